The van der Waals surface area contributed by atoms with E-state index in [9.17, 15) is 8.42 Å². The van der Waals surface area contributed by atoms with Crippen LogP contribution in [0.25, 0.3) is 0 Å². The number of anilines is 1. The fourth-order valence-electron chi connectivity index (χ4n) is 3.50. The zero-order chi connectivity index (χ0) is 15.6. The van der Waals surface area contributed by atoms with E-state index in [0.717, 1.165) is 38.2 Å². The summed E-state index contributed by atoms with van der Waals surface area (Å²) in [4.78, 5) is 6.92. The van der Waals surface area contributed by atoms with Gasteiger partial charge in [0.15, 0.2) is 0 Å². The molecule has 2 saturated heterocycles. The first-order valence-corrected chi connectivity index (χ1v) is 10.0. The zero-order valence-electron chi connectivity index (χ0n) is 13.2. The molecule has 0 aliphatic carbocycles. The fourth-order valence-corrected chi connectivity index (χ4v) is 4.44. The second kappa shape index (κ2) is 6.54. The van der Waals surface area contributed by atoms with Crippen LogP contribution in [0.1, 0.15) is 31.2 Å². The molecule has 1 aromatic heterocycles. The van der Waals surface area contributed by atoms with Crippen molar-refractivity contribution in [3.8, 4) is 0 Å². The van der Waals surface area contributed by atoms with E-state index in [1.54, 1.807) is 4.31 Å². The van der Waals surface area contributed by atoms with Crippen LogP contribution in [0, 0.1) is 5.92 Å². The van der Waals surface area contributed by atoms with Gasteiger partial charge >= 0.3 is 0 Å². The summed E-state index contributed by atoms with van der Waals surface area (Å²) in [7, 11) is -3.06. The van der Waals surface area contributed by atoms with Gasteiger partial charge in [0.05, 0.1) is 6.26 Å². The van der Waals surface area contributed by atoms with Crippen LogP contribution in [0.2, 0.25) is 0 Å². The van der Waals surface area contributed by atoms with Gasteiger partial charge in [-0.1, -0.05) is 6.07 Å². The van der Waals surface area contributed by atoms with Crippen molar-refractivity contribution >= 4 is 15.8 Å². The molecular formula is C16H25N3O2S. The van der Waals surface area contributed by atoms with E-state index in [4.69, 9.17) is 0 Å². The van der Waals surface area contributed by atoms with Crippen LogP contribution >= 0.6 is 0 Å². The predicted octanol–water partition coefficient (Wildman–Crippen LogP) is 1.90. The molecule has 0 saturated carbocycles. The van der Waals surface area contributed by atoms with Crippen molar-refractivity contribution in [1.82, 2.24) is 9.29 Å². The maximum absolute atomic E-state index is 11.7. The number of sulfonamides is 1. The number of nitrogens with zero attached hydrogens (tertiary/aromatic N) is 3. The Bertz CT molecular complexity index is 594. The largest absolute Gasteiger partial charge is 0.357 e. The van der Waals surface area contributed by atoms with Gasteiger partial charge in [0, 0.05) is 32.4 Å². The van der Waals surface area contributed by atoms with Gasteiger partial charge in [-0.2, -0.15) is 0 Å². The zero-order valence-corrected chi connectivity index (χ0v) is 14.1. The number of rotatable bonds is 4. The van der Waals surface area contributed by atoms with E-state index in [-0.39, 0.29) is 0 Å². The third-order valence-corrected chi connectivity index (χ3v) is 5.98. The molecule has 2 aliphatic rings. The lowest BCUT2D eigenvalue weighted by atomic mass is 9.93. The summed E-state index contributed by atoms with van der Waals surface area (Å²) in [6.07, 6.45) is 8.75. The maximum Gasteiger partial charge on any atom is 0.211 e. The van der Waals surface area contributed by atoms with E-state index in [0.29, 0.717) is 19.0 Å². The lowest BCUT2D eigenvalue weighted by Crippen LogP contribution is -2.39. The van der Waals surface area contributed by atoms with Gasteiger partial charge in [-0.3, -0.25) is 0 Å². The minimum atomic E-state index is -3.06. The van der Waals surface area contributed by atoms with Gasteiger partial charge in [-0.05, 0) is 49.7 Å². The van der Waals surface area contributed by atoms with Gasteiger partial charge in [-0.25, -0.2) is 17.7 Å². The fraction of sp³-hybridized carbons (Fsp3) is 0.688. The predicted molar refractivity (Wildman–Crippen MR) is 88.5 cm³/mol. The van der Waals surface area contributed by atoms with Crippen molar-refractivity contribution < 1.29 is 8.42 Å². The molecule has 0 bridgehead atoms. The van der Waals surface area contributed by atoms with Crippen molar-refractivity contribution in [2.75, 3.05) is 37.3 Å². The molecule has 0 spiro atoms. The van der Waals surface area contributed by atoms with E-state index in [1.807, 2.05) is 6.20 Å². The Morgan fingerprint density at radius 3 is 2.59 bits per heavy atom. The number of hydrogen-bond acceptors (Lipinski definition) is 4. The molecule has 0 amide bonds. The molecule has 0 unspecified atom stereocenters. The monoisotopic (exact) mass is 323 g/mol. The van der Waals surface area contributed by atoms with E-state index < -0.39 is 10.0 Å². The molecule has 22 heavy (non-hydrogen) atoms. The van der Waals surface area contributed by atoms with Crippen LogP contribution in [0.5, 0.6) is 0 Å². The molecule has 5 nitrogen and oxygen atoms in total. The third-order valence-electron chi connectivity index (χ3n) is 4.71. The Morgan fingerprint density at radius 2 is 1.95 bits per heavy atom. The molecule has 6 heteroatoms. The Balaban J connectivity index is 1.60. The number of piperidine rings is 1. The molecule has 0 radical (unpaired) electrons. The summed E-state index contributed by atoms with van der Waals surface area (Å²) in [5.74, 6) is 1.48. The Labute approximate surface area is 133 Å². The average molecular weight is 323 g/mol. The highest BCUT2D eigenvalue weighted by molar-refractivity contribution is 7.88. The molecule has 3 rings (SSSR count). The number of hydrogen-bond donors (Lipinski definition) is 0. The van der Waals surface area contributed by atoms with Crippen molar-refractivity contribution in [2.24, 2.45) is 5.92 Å². The average Bonchev–Trinajstić information content (AvgIpc) is 3.02. The van der Waals surface area contributed by atoms with Crippen molar-refractivity contribution in [2.45, 2.75) is 32.1 Å². The highest BCUT2D eigenvalue weighted by Crippen LogP contribution is 2.23. The van der Waals surface area contributed by atoms with Gasteiger partial charge in [-0.15, -0.1) is 0 Å². The quantitative estimate of drug-likeness (QED) is 0.849. The third kappa shape index (κ3) is 3.79. The summed E-state index contributed by atoms with van der Waals surface area (Å²) >= 11 is 0. The SMILES string of the molecule is CS(=O)(=O)N1CCC[C@H](Cc2ccc(N3CCCC3)nc2)C1. The van der Waals surface area contributed by atoms with Gasteiger partial charge < -0.3 is 4.90 Å². The topological polar surface area (TPSA) is 53.5 Å². The Kier molecular flexibility index (Phi) is 4.68. The normalized spacial score (nSPS) is 23.9. The number of aromatic nitrogens is 1. The van der Waals surface area contributed by atoms with Crippen LogP contribution in [-0.2, 0) is 16.4 Å². The molecule has 0 aromatic carbocycles. The van der Waals surface area contributed by atoms with Crippen molar-refractivity contribution in [3.05, 3.63) is 23.9 Å². The minimum Gasteiger partial charge on any atom is -0.357 e. The smallest absolute Gasteiger partial charge is 0.211 e. The second-order valence-corrected chi connectivity index (χ2v) is 8.53. The molecular weight excluding hydrogens is 298 g/mol. The van der Waals surface area contributed by atoms with Gasteiger partial charge in [0.25, 0.3) is 0 Å². The maximum atomic E-state index is 11.7. The minimum absolute atomic E-state index is 0.405. The summed E-state index contributed by atoms with van der Waals surface area (Å²) < 4.78 is 25.0. The van der Waals surface area contributed by atoms with Crippen molar-refractivity contribution in [3.63, 3.8) is 0 Å². The summed E-state index contributed by atoms with van der Waals surface area (Å²) in [5.41, 5.74) is 1.21. The van der Waals surface area contributed by atoms with E-state index >= 15 is 0 Å². The summed E-state index contributed by atoms with van der Waals surface area (Å²) in [6.45, 7) is 3.53. The lowest BCUT2D eigenvalue weighted by Gasteiger charge is -2.31. The Morgan fingerprint density at radius 1 is 1.18 bits per heavy atom. The van der Waals surface area contributed by atoms with Crippen LogP contribution in [0.4, 0.5) is 5.82 Å². The molecule has 1 aromatic rings. The molecule has 0 N–H and O–H groups in total. The van der Waals surface area contributed by atoms with Crippen LogP contribution < -0.4 is 4.90 Å². The second-order valence-electron chi connectivity index (χ2n) is 6.55. The molecule has 122 valence electrons. The molecule has 2 fully saturated rings. The first-order valence-electron chi connectivity index (χ1n) is 8.17. The van der Waals surface area contributed by atoms with Crippen LogP contribution in [-0.4, -0.2) is 50.1 Å². The number of pyridine rings is 1. The highest BCUT2D eigenvalue weighted by atomic mass is 32.2. The lowest BCUT2D eigenvalue weighted by molar-refractivity contribution is 0.266. The van der Waals surface area contributed by atoms with Crippen molar-refractivity contribution in [1.29, 1.82) is 0 Å². The highest BCUT2D eigenvalue weighted by Gasteiger charge is 2.26. The van der Waals surface area contributed by atoms with E-state index in [2.05, 4.69) is 22.0 Å². The standard InChI is InChI=1S/C16H25N3O2S/c1-22(20,21)19-10-4-5-15(13-19)11-14-6-7-16(17-12-14)18-8-2-3-9-18/h6-7,12,15H,2-5,8-11,13H2,1H3/t15-/m1/s1. The van der Waals surface area contributed by atoms with Gasteiger partial charge in [0.2, 0.25) is 10.0 Å². The van der Waals surface area contributed by atoms with E-state index in [1.165, 1.54) is 24.7 Å². The molecule has 2 aliphatic heterocycles. The Hall–Kier alpha value is -1.14. The molecule has 1 atom stereocenters. The summed E-state index contributed by atoms with van der Waals surface area (Å²) in [6, 6.07) is 4.26. The first-order chi connectivity index (χ1) is 10.5. The van der Waals surface area contributed by atoms with Crippen LogP contribution in [0.15, 0.2) is 18.3 Å². The molecule has 3 heterocycles. The van der Waals surface area contributed by atoms with Gasteiger partial charge in [0.1, 0.15) is 5.82 Å². The summed E-state index contributed by atoms with van der Waals surface area (Å²) in [5, 5.41) is 0. The van der Waals surface area contributed by atoms with Crippen LogP contribution in [0.3, 0.4) is 0 Å². The first kappa shape index (κ1) is 15.7.